The van der Waals surface area contributed by atoms with Crippen molar-refractivity contribution < 1.29 is 8.78 Å². The normalized spacial score (nSPS) is 10.9. The first-order valence-electron chi connectivity index (χ1n) is 5.80. The van der Waals surface area contributed by atoms with Crippen molar-refractivity contribution in [3.05, 3.63) is 58.7 Å². The number of fused-ring (bicyclic) bond motifs is 1. The smallest absolute Gasteiger partial charge is 0.181 e. The molecule has 0 aliphatic carbocycles. The third kappa shape index (κ3) is 2.36. The van der Waals surface area contributed by atoms with Gasteiger partial charge in [0.2, 0.25) is 0 Å². The van der Waals surface area contributed by atoms with Crippen molar-refractivity contribution in [3.63, 3.8) is 0 Å². The number of nitrogens with one attached hydrogen (secondary N) is 1. The number of nitrogens with zero attached hydrogens (tertiary/aromatic N) is 3. The molecule has 0 radical (unpaired) electrons. The Balaban J connectivity index is 1.87. The van der Waals surface area contributed by atoms with Crippen molar-refractivity contribution >= 4 is 27.3 Å². The van der Waals surface area contributed by atoms with Crippen molar-refractivity contribution in [1.82, 2.24) is 14.4 Å². The minimum absolute atomic E-state index is 0.119. The second-order valence-electron chi connectivity index (χ2n) is 4.14. The Morgan fingerprint density at radius 2 is 2.05 bits per heavy atom. The lowest BCUT2D eigenvalue weighted by Crippen LogP contribution is -2.05. The van der Waals surface area contributed by atoms with Gasteiger partial charge in [0.15, 0.2) is 17.3 Å². The summed E-state index contributed by atoms with van der Waals surface area (Å²) in [6, 6.07) is 4.02. The monoisotopic (exact) mass is 338 g/mol. The highest BCUT2D eigenvalue weighted by molar-refractivity contribution is 9.10. The van der Waals surface area contributed by atoms with Gasteiger partial charge >= 0.3 is 0 Å². The van der Waals surface area contributed by atoms with E-state index in [-0.39, 0.29) is 5.69 Å². The molecule has 0 atom stereocenters. The molecule has 0 aliphatic heterocycles. The average molecular weight is 339 g/mol. The van der Waals surface area contributed by atoms with Crippen LogP contribution in [0.1, 0.15) is 5.69 Å². The molecule has 3 rings (SSSR count). The highest BCUT2D eigenvalue weighted by Gasteiger charge is 2.09. The quantitative estimate of drug-likeness (QED) is 0.796. The third-order valence-corrected chi connectivity index (χ3v) is 3.26. The highest BCUT2D eigenvalue weighted by Crippen LogP contribution is 2.18. The number of hydrogen-bond donors (Lipinski definition) is 1. The van der Waals surface area contributed by atoms with E-state index in [1.807, 2.05) is 4.40 Å². The molecule has 4 nitrogen and oxygen atoms in total. The van der Waals surface area contributed by atoms with E-state index in [1.54, 1.807) is 18.6 Å². The predicted octanol–water partition coefficient (Wildman–Crippen LogP) is 3.38. The Morgan fingerprint density at radius 1 is 1.20 bits per heavy atom. The predicted molar refractivity (Wildman–Crippen MR) is 74.4 cm³/mol. The zero-order chi connectivity index (χ0) is 14.1. The molecule has 0 saturated carbocycles. The molecule has 1 aromatic carbocycles. The van der Waals surface area contributed by atoms with Crippen LogP contribution in [-0.2, 0) is 6.54 Å². The molecule has 0 spiro atoms. The van der Waals surface area contributed by atoms with Crippen LogP contribution in [0, 0.1) is 11.6 Å². The maximum atomic E-state index is 13.5. The van der Waals surface area contributed by atoms with Gasteiger partial charge in [-0.2, -0.15) is 0 Å². The van der Waals surface area contributed by atoms with Gasteiger partial charge in [-0.3, -0.25) is 4.40 Å². The van der Waals surface area contributed by atoms with Crippen LogP contribution >= 0.6 is 15.9 Å². The van der Waals surface area contributed by atoms with Crippen LogP contribution in [0.25, 0.3) is 5.65 Å². The van der Waals surface area contributed by atoms with Gasteiger partial charge in [-0.05, 0) is 28.1 Å². The molecule has 3 aromatic rings. The molecule has 0 saturated heterocycles. The molecule has 102 valence electrons. The second kappa shape index (κ2) is 5.16. The number of imidazole rings is 1. The molecule has 0 unspecified atom stereocenters. The number of aromatic nitrogens is 3. The summed E-state index contributed by atoms with van der Waals surface area (Å²) in [7, 11) is 0. The minimum Gasteiger partial charge on any atom is -0.377 e. The van der Waals surface area contributed by atoms with Crippen molar-refractivity contribution in [2.75, 3.05) is 5.32 Å². The number of benzene rings is 1. The summed E-state index contributed by atoms with van der Waals surface area (Å²) >= 11 is 3.28. The number of halogens is 3. The highest BCUT2D eigenvalue weighted by atomic mass is 79.9. The van der Waals surface area contributed by atoms with Gasteiger partial charge in [0, 0.05) is 6.20 Å². The zero-order valence-corrected chi connectivity index (χ0v) is 11.7. The van der Waals surface area contributed by atoms with Crippen molar-refractivity contribution in [2.24, 2.45) is 0 Å². The molecule has 0 bridgehead atoms. The van der Waals surface area contributed by atoms with Crippen molar-refractivity contribution in [3.8, 4) is 0 Å². The summed E-state index contributed by atoms with van der Waals surface area (Å²) in [5.74, 6) is -1.76. The first-order valence-corrected chi connectivity index (χ1v) is 6.60. The maximum absolute atomic E-state index is 13.5. The van der Waals surface area contributed by atoms with E-state index in [1.165, 1.54) is 12.1 Å². The molecule has 0 amide bonds. The van der Waals surface area contributed by atoms with Gasteiger partial charge < -0.3 is 5.32 Å². The minimum atomic E-state index is -0.885. The van der Waals surface area contributed by atoms with E-state index in [2.05, 4.69) is 31.2 Å². The lowest BCUT2D eigenvalue weighted by atomic mass is 10.3. The fourth-order valence-electron chi connectivity index (χ4n) is 1.87. The zero-order valence-electron chi connectivity index (χ0n) is 10.1. The summed E-state index contributed by atoms with van der Waals surface area (Å²) in [6.07, 6.45) is 5.05. The first kappa shape index (κ1) is 13.0. The molecule has 0 aliphatic rings. The van der Waals surface area contributed by atoms with E-state index in [9.17, 15) is 8.78 Å². The Kier molecular flexibility index (Phi) is 3.35. The fourth-order valence-corrected chi connectivity index (χ4v) is 2.18. The number of anilines is 1. The standard InChI is InChI=1S/C13H9BrF2N4/c14-11-7-20-8(5-19-12(20)6-18-11)4-17-10-3-1-2-9(15)13(10)16/h1-3,5-7,17H,4H2. The fraction of sp³-hybridized carbons (Fsp3) is 0.0769. The molecule has 0 fully saturated rings. The summed E-state index contributed by atoms with van der Waals surface area (Å²) < 4.78 is 29.1. The molecule has 20 heavy (non-hydrogen) atoms. The van der Waals surface area contributed by atoms with Gasteiger partial charge in [-0.15, -0.1) is 0 Å². The summed E-state index contributed by atoms with van der Waals surface area (Å²) in [5, 5.41) is 2.86. The maximum Gasteiger partial charge on any atom is 0.181 e. The van der Waals surface area contributed by atoms with Crippen LogP contribution in [0.5, 0.6) is 0 Å². The first-order chi connectivity index (χ1) is 9.65. The van der Waals surface area contributed by atoms with Gasteiger partial charge in [0.1, 0.15) is 4.60 Å². The van der Waals surface area contributed by atoms with E-state index >= 15 is 0 Å². The van der Waals surface area contributed by atoms with Gasteiger partial charge in [-0.25, -0.2) is 18.7 Å². The van der Waals surface area contributed by atoms with Crippen LogP contribution in [0.15, 0.2) is 41.4 Å². The van der Waals surface area contributed by atoms with Crippen LogP contribution in [0.3, 0.4) is 0 Å². The largest absolute Gasteiger partial charge is 0.377 e. The summed E-state index contributed by atoms with van der Waals surface area (Å²) in [4.78, 5) is 8.25. The van der Waals surface area contributed by atoms with Crippen LogP contribution in [0.2, 0.25) is 0 Å². The van der Waals surface area contributed by atoms with Crippen molar-refractivity contribution in [1.29, 1.82) is 0 Å². The van der Waals surface area contributed by atoms with E-state index < -0.39 is 11.6 Å². The Morgan fingerprint density at radius 3 is 2.90 bits per heavy atom. The number of hydrogen-bond acceptors (Lipinski definition) is 3. The molecule has 1 N–H and O–H groups in total. The molecular weight excluding hydrogens is 330 g/mol. The van der Waals surface area contributed by atoms with Gasteiger partial charge in [0.05, 0.1) is 30.3 Å². The van der Waals surface area contributed by atoms with Gasteiger partial charge in [-0.1, -0.05) is 6.07 Å². The van der Waals surface area contributed by atoms with E-state index in [0.29, 0.717) is 16.8 Å². The SMILES string of the molecule is Fc1cccc(NCc2cnc3cnc(Br)cn23)c1F. The molecule has 2 heterocycles. The molecule has 2 aromatic heterocycles. The molecule has 7 heteroatoms. The van der Waals surface area contributed by atoms with E-state index in [0.717, 1.165) is 11.8 Å². The Bertz CT molecular complexity index is 772. The van der Waals surface area contributed by atoms with Crippen LogP contribution in [0.4, 0.5) is 14.5 Å². The average Bonchev–Trinajstić information content (AvgIpc) is 2.83. The van der Waals surface area contributed by atoms with Gasteiger partial charge in [0.25, 0.3) is 0 Å². The van der Waals surface area contributed by atoms with E-state index in [4.69, 9.17) is 0 Å². The summed E-state index contributed by atoms with van der Waals surface area (Å²) in [5.41, 5.74) is 1.62. The number of rotatable bonds is 3. The topological polar surface area (TPSA) is 42.2 Å². The summed E-state index contributed by atoms with van der Waals surface area (Å²) in [6.45, 7) is 0.317. The molecular formula is C13H9BrF2N4. The Labute approximate surface area is 121 Å². The van der Waals surface area contributed by atoms with Crippen LogP contribution < -0.4 is 5.32 Å². The second-order valence-corrected chi connectivity index (χ2v) is 4.96. The lowest BCUT2D eigenvalue weighted by Gasteiger charge is -2.07. The van der Waals surface area contributed by atoms with Crippen molar-refractivity contribution in [2.45, 2.75) is 6.54 Å². The Hall–Kier alpha value is -2.02. The lowest BCUT2D eigenvalue weighted by molar-refractivity contribution is 0.511. The van der Waals surface area contributed by atoms with Crippen LogP contribution in [-0.4, -0.2) is 14.4 Å². The third-order valence-electron chi connectivity index (χ3n) is 2.85.